The van der Waals surface area contributed by atoms with Crippen molar-refractivity contribution in [2.24, 2.45) is 0 Å². The monoisotopic (exact) mass is 537 g/mol. The minimum Gasteiger partial charge on any atom is -0.497 e. The lowest BCUT2D eigenvalue weighted by molar-refractivity contribution is -0.122. The first-order chi connectivity index (χ1) is 18.4. The number of ether oxygens (including phenoxy) is 2. The molecule has 0 saturated carbocycles. The summed E-state index contributed by atoms with van der Waals surface area (Å²) in [5.41, 5.74) is 3.08. The van der Waals surface area contributed by atoms with Gasteiger partial charge < -0.3 is 19.3 Å². The van der Waals surface area contributed by atoms with Gasteiger partial charge in [0.05, 0.1) is 7.11 Å². The molecular weight excluding hydrogens is 502 g/mol. The molecule has 3 aromatic rings. The topological polar surface area (TPSA) is 88.1 Å². The van der Waals surface area contributed by atoms with Crippen LogP contribution in [0, 0.1) is 0 Å². The Kier molecular flexibility index (Phi) is 9.43. The first kappa shape index (κ1) is 27.7. The molecule has 1 aromatic heterocycles. The molecule has 202 valence electrons. The molecule has 0 spiro atoms. The molecule has 0 fully saturated rings. The summed E-state index contributed by atoms with van der Waals surface area (Å²) in [6, 6.07) is 15.6. The van der Waals surface area contributed by atoms with Crippen LogP contribution in [-0.2, 0) is 16.1 Å². The molecule has 2 heterocycles. The predicted molar refractivity (Wildman–Crippen MR) is 149 cm³/mol. The first-order valence-electron chi connectivity index (χ1n) is 12.8. The van der Waals surface area contributed by atoms with Gasteiger partial charge in [-0.1, -0.05) is 22.7 Å². The summed E-state index contributed by atoms with van der Waals surface area (Å²) >= 11 is 1.10. The molecule has 1 aliphatic heterocycles. The van der Waals surface area contributed by atoms with Crippen molar-refractivity contribution in [1.29, 1.82) is 0 Å². The van der Waals surface area contributed by atoms with Crippen LogP contribution in [0.25, 0.3) is 11.3 Å². The lowest BCUT2D eigenvalue weighted by Crippen LogP contribution is -2.41. The summed E-state index contributed by atoms with van der Waals surface area (Å²) in [5, 5.41) is 4.29. The Bertz CT molecular complexity index is 1230. The van der Waals surface area contributed by atoms with E-state index in [2.05, 4.69) is 28.3 Å². The van der Waals surface area contributed by atoms with E-state index in [1.807, 2.05) is 53.4 Å². The average Bonchev–Trinajstić information content (AvgIpc) is 3.40. The van der Waals surface area contributed by atoms with Crippen molar-refractivity contribution < 1.29 is 19.1 Å². The van der Waals surface area contributed by atoms with E-state index in [9.17, 15) is 9.59 Å². The normalized spacial score (nSPS) is 15.2. The summed E-state index contributed by atoms with van der Waals surface area (Å²) in [6.45, 7) is 7.33. The van der Waals surface area contributed by atoms with Crippen LogP contribution in [0.5, 0.6) is 5.75 Å². The van der Waals surface area contributed by atoms with Gasteiger partial charge in [-0.2, -0.15) is 0 Å². The quantitative estimate of drug-likeness (QED) is 0.471. The van der Waals surface area contributed by atoms with Gasteiger partial charge in [-0.05, 0) is 67.7 Å². The summed E-state index contributed by atoms with van der Waals surface area (Å²) in [4.78, 5) is 33.6. The molecule has 2 amide bonds. The number of hydrogen-bond donors (Lipinski definition) is 0. The maximum Gasteiger partial charge on any atom is 0.268 e. The zero-order valence-corrected chi connectivity index (χ0v) is 23.2. The number of nitrogens with zero attached hydrogens (tertiary/aromatic N) is 5. The first-order valence-corrected chi connectivity index (χ1v) is 13.6. The van der Waals surface area contributed by atoms with E-state index in [4.69, 9.17) is 9.47 Å². The lowest BCUT2D eigenvalue weighted by atomic mass is 10.1. The molecule has 0 aliphatic carbocycles. The number of carbonyl (C=O) groups is 2. The Morgan fingerprint density at radius 2 is 1.76 bits per heavy atom. The second-order valence-corrected chi connectivity index (χ2v) is 10.3. The van der Waals surface area contributed by atoms with E-state index in [0.29, 0.717) is 36.2 Å². The molecule has 9 nitrogen and oxygen atoms in total. The van der Waals surface area contributed by atoms with Gasteiger partial charge in [0, 0.05) is 57.1 Å². The molecule has 0 unspecified atom stereocenters. The fourth-order valence-corrected chi connectivity index (χ4v) is 5.32. The Morgan fingerprint density at radius 1 is 1.00 bits per heavy atom. The zero-order chi connectivity index (χ0) is 27.1. The van der Waals surface area contributed by atoms with E-state index in [-0.39, 0.29) is 18.4 Å². The summed E-state index contributed by atoms with van der Waals surface area (Å²) in [5.74, 6) is 0.509. The van der Waals surface area contributed by atoms with Crippen LogP contribution in [0.2, 0.25) is 0 Å². The van der Waals surface area contributed by atoms with Gasteiger partial charge in [0.2, 0.25) is 0 Å². The van der Waals surface area contributed by atoms with Crippen LogP contribution in [0.15, 0.2) is 48.5 Å². The number of methoxy groups -OCH3 is 2. The summed E-state index contributed by atoms with van der Waals surface area (Å²) in [7, 11) is 3.14. The van der Waals surface area contributed by atoms with Crippen molar-refractivity contribution in [2.45, 2.75) is 32.9 Å². The molecule has 0 atom stereocenters. The van der Waals surface area contributed by atoms with E-state index in [0.717, 1.165) is 53.6 Å². The Labute approximate surface area is 228 Å². The third-order valence-electron chi connectivity index (χ3n) is 6.76. The average molecular weight is 538 g/mol. The number of rotatable bonds is 6. The van der Waals surface area contributed by atoms with Crippen molar-refractivity contribution in [3.8, 4) is 17.0 Å². The smallest absolute Gasteiger partial charge is 0.268 e. The summed E-state index contributed by atoms with van der Waals surface area (Å²) < 4.78 is 14.6. The minimum absolute atomic E-state index is 0.00261. The number of anilines is 1. The lowest BCUT2D eigenvalue weighted by Gasteiger charge is -2.30. The minimum atomic E-state index is -0.127. The zero-order valence-electron chi connectivity index (χ0n) is 22.4. The molecule has 0 radical (unpaired) electrons. The van der Waals surface area contributed by atoms with Gasteiger partial charge in [0.1, 0.15) is 22.9 Å². The van der Waals surface area contributed by atoms with Gasteiger partial charge in [0.25, 0.3) is 11.8 Å². The number of para-hydroxylation sites is 1. The van der Waals surface area contributed by atoms with Crippen molar-refractivity contribution >= 4 is 29.0 Å². The highest BCUT2D eigenvalue weighted by molar-refractivity contribution is 7.08. The highest BCUT2D eigenvalue weighted by Crippen LogP contribution is 2.29. The molecule has 38 heavy (non-hydrogen) atoms. The fourth-order valence-electron chi connectivity index (χ4n) is 4.67. The largest absolute Gasteiger partial charge is 0.497 e. The highest BCUT2D eigenvalue weighted by Gasteiger charge is 2.27. The Morgan fingerprint density at radius 3 is 2.47 bits per heavy atom. The predicted octanol–water partition coefficient (Wildman–Crippen LogP) is 3.95. The molecule has 10 heteroatoms. The molecule has 0 bridgehead atoms. The van der Waals surface area contributed by atoms with Gasteiger partial charge in [0.15, 0.2) is 0 Å². The third-order valence-corrected chi connectivity index (χ3v) is 7.47. The maximum absolute atomic E-state index is 14.0. The molecule has 4 rings (SSSR count). The van der Waals surface area contributed by atoms with Crippen molar-refractivity contribution in [3.63, 3.8) is 0 Å². The third kappa shape index (κ3) is 6.38. The van der Waals surface area contributed by atoms with Crippen molar-refractivity contribution in [2.75, 3.05) is 51.9 Å². The second kappa shape index (κ2) is 12.9. The standard InChI is InChI=1S/C28H35N5O4S/c1-20(2)31-14-7-15-33(25(34)19-36-3)24-9-6-5-8-22(24)18-32(17-16-31)28(35)27-26(29-30-38-27)21-10-12-23(37-4)13-11-21/h5-6,8-13,20H,7,14-19H2,1-4H3. The van der Waals surface area contributed by atoms with E-state index >= 15 is 0 Å². The van der Waals surface area contributed by atoms with Gasteiger partial charge >= 0.3 is 0 Å². The van der Waals surface area contributed by atoms with Crippen molar-refractivity contribution in [1.82, 2.24) is 19.4 Å². The Hall–Kier alpha value is -3.34. The van der Waals surface area contributed by atoms with Crippen LogP contribution >= 0.6 is 11.5 Å². The number of fused-ring (bicyclic) bond motifs is 1. The molecule has 0 N–H and O–H groups in total. The van der Waals surface area contributed by atoms with Crippen LogP contribution in [0.4, 0.5) is 5.69 Å². The van der Waals surface area contributed by atoms with Gasteiger partial charge in [-0.15, -0.1) is 5.10 Å². The number of aromatic nitrogens is 2. The van der Waals surface area contributed by atoms with E-state index < -0.39 is 0 Å². The summed E-state index contributed by atoms with van der Waals surface area (Å²) in [6.07, 6.45) is 0.816. The SMILES string of the molecule is COCC(=O)N1CCCN(C(C)C)CCN(C(=O)c2snnc2-c2ccc(OC)cc2)Cc2ccccc21. The van der Waals surface area contributed by atoms with Crippen LogP contribution in [0.3, 0.4) is 0 Å². The van der Waals surface area contributed by atoms with Gasteiger partial charge in [-0.25, -0.2) is 0 Å². The van der Waals surface area contributed by atoms with Crippen LogP contribution in [0.1, 0.15) is 35.5 Å². The van der Waals surface area contributed by atoms with Crippen LogP contribution < -0.4 is 9.64 Å². The molecule has 1 aliphatic rings. The molecule has 2 aromatic carbocycles. The van der Waals surface area contributed by atoms with Crippen molar-refractivity contribution in [3.05, 3.63) is 59.0 Å². The second-order valence-electron chi connectivity index (χ2n) is 9.50. The van der Waals surface area contributed by atoms with E-state index in [1.54, 1.807) is 12.0 Å². The Balaban J connectivity index is 1.71. The van der Waals surface area contributed by atoms with Gasteiger partial charge in [-0.3, -0.25) is 14.5 Å². The van der Waals surface area contributed by atoms with Crippen LogP contribution in [-0.4, -0.2) is 84.2 Å². The number of carbonyl (C=O) groups excluding carboxylic acids is 2. The highest BCUT2D eigenvalue weighted by atomic mass is 32.1. The van der Waals surface area contributed by atoms with E-state index in [1.165, 1.54) is 7.11 Å². The number of amides is 2. The molecule has 0 saturated heterocycles. The molecular formula is C28H35N5O4S. The number of hydrogen-bond acceptors (Lipinski definition) is 8. The maximum atomic E-state index is 14.0. The fraction of sp³-hybridized carbons (Fsp3) is 0.429. The number of benzene rings is 2.